The largest absolute Gasteiger partial charge is 0.493 e. The lowest BCUT2D eigenvalue weighted by Gasteiger charge is -2.19. The van der Waals surface area contributed by atoms with Crippen molar-refractivity contribution in [1.29, 1.82) is 0 Å². The van der Waals surface area contributed by atoms with E-state index in [0.717, 1.165) is 30.6 Å². The van der Waals surface area contributed by atoms with Gasteiger partial charge in [-0.15, -0.1) is 0 Å². The number of nitrogens with one attached hydrogen (secondary N) is 1. The van der Waals surface area contributed by atoms with Gasteiger partial charge in [-0.2, -0.15) is 0 Å². The van der Waals surface area contributed by atoms with E-state index >= 15 is 0 Å². The Labute approximate surface area is 133 Å². The van der Waals surface area contributed by atoms with Crippen LogP contribution in [0, 0.1) is 5.92 Å². The van der Waals surface area contributed by atoms with E-state index in [2.05, 4.69) is 12.2 Å². The van der Waals surface area contributed by atoms with Crippen molar-refractivity contribution in [2.24, 2.45) is 5.92 Å². The maximum absolute atomic E-state index is 12.2. The molecule has 0 aliphatic heterocycles. The van der Waals surface area contributed by atoms with Gasteiger partial charge < -0.3 is 14.8 Å². The number of carbonyl (C=O) groups excluding carboxylic acids is 1. The van der Waals surface area contributed by atoms with E-state index in [4.69, 9.17) is 9.47 Å². The second-order valence-electron chi connectivity index (χ2n) is 5.97. The average molecular weight is 305 g/mol. The summed E-state index contributed by atoms with van der Waals surface area (Å²) in [5, 5.41) is 3.12. The van der Waals surface area contributed by atoms with E-state index in [1.165, 1.54) is 12.8 Å². The van der Waals surface area contributed by atoms with E-state index in [9.17, 15) is 4.79 Å². The highest BCUT2D eigenvalue weighted by Crippen LogP contribution is 2.31. The zero-order chi connectivity index (χ0) is 15.9. The minimum absolute atomic E-state index is 0.0257. The Balaban J connectivity index is 2.02. The number of rotatable bonds is 7. The first-order chi connectivity index (χ1) is 10.7. The quantitative estimate of drug-likeness (QED) is 0.832. The zero-order valence-electron chi connectivity index (χ0n) is 13.9. The molecule has 22 heavy (non-hydrogen) atoms. The Morgan fingerprint density at radius 1 is 1.32 bits per heavy atom. The Hall–Kier alpha value is -1.71. The molecule has 0 spiro atoms. The monoisotopic (exact) mass is 305 g/mol. The standard InChI is InChI=1S/C18H27NO3/c1-4-11-22-16-10-9-15(12-17(16)21-3)13(2)19-18(20)14-7-5-6-8-14/h9-10,12-14H,4-8,11H2,1-3H3,(H,19,20)/t13-/m0/s1. The molecular weight excluding hydrogens is 278 g/mol. The highest BCUT2D eigenvalue weighted by atomic mass is 16.5. The second kappa shape index (κ2) is 8.06. The Morgan fingerprint density at radius 3 is 2.68 bits per heavy atom. The molecule has 1 saturated carbocycles. The lowest BCUT2D eigenvalue weighted by molar-refractivity contribution is -0.125. The van der Waals surface area contributed by atoms with Gasteiger partial charge in [-0.3, -0.25) is 4.79 Å². The van der Waals surface area contributed by atoms with Crippen LogP contribution in [0.2, 0.25) is 0 Å². The van der Waals surface area contributed by atoms with Gasteiger partial charge in [-0.1, -0.05) is 25.8 Å². The highest BCUT2D eigenvalue weighted by Gasteiger charge is 2.24. The fourth-order valence-electron chi connectivity index (χ4n) is 2.89. The van der Waals surface area contributed by atoms with Crippen molar-refractivity contribution < 1.29 is 14.3 Å². The third kappa shape index (κ3) is 4.15. The summed E-state index contributed by atoms with van der Waals surface area (Å²) in [6.07, 6.45) is 5.34. The molecule has 1 fully saturated rings. The van der Waals surface area contributed by atoms with Crippen LogP contribution in [-0.2, 0) is 4.79 Å². The van der Waals surface area contributed by atoms with Gasteiger partial charge in [-0.25, -0.2) is 0 Å². The van der Waals surface area contributed by atoms with Crippen LogP contribution in [0.5, 0.6) is 11.5 Å². The maximum atomic E-state index is 12.2. The van der Waals surface area contributed by atoms with Crippen LogP contribution < -0.4 is 14.8 Å². The molecule has 4 heteroatoms. The number of ether oxygens (including phenoxy) is 2. The number of benzene rings is 1. The highest BCUT2D eigenvalue weighted by molar-refractivity contribution is 5.79. The maximum Gasteiger partial charge on any atom is 0.223 e. The summed E-state index contributed by atoms with van der Waals surface area (Å²) >= 11 is 0. The fourth-order valence-corrected chi connectivity index (χ4v) is 2.89. The normalized spacial score (nSPS) is 16.3. The van der Waals surface area contributed by atoms with Gasteiger partial charge in [0.25, 0.3) is 0 Å². The minimum Gasteiger partial charge on any atom is -0.493 e. The Bertz CT molecular complexity index is 495. The molecule has 1 amide bonds. The molecular formula is C18H27NO3. The molecule has 1 aromatic rings. The Morgan fingerprint density at radius 2 is 2.05 bits per heavy atom. The molecule has 0 unspecified atom stereocenters. The van der Waals surface area contributed by atoms with Gasteiger partial charge in [0.15, 0.2) is 11.5 Å². The molecule has 1 aliphatic carbocycles. The smallest absolute Gasteiger partial charge is 0.223 e. The van der Waals surface area contributed by atoms with Crippen LogP contribution in [0.3, 0.4) is 0 Å². The predicted octanol–water partition coefficient (Wildman–Crippen LogP) is 3.85. The molecule has 1 aromatic carbocycles. The molecule has 1 N–H and O–H groups in total. The van der Waals surface area contributed by atoms with E-state index in [-0.39, 0.29) is 17.9 Å². The van der Waals surface area contributed by atoms with Gasteiger partial charge in [0.2, 0.25) is 5.91 Å². The van der Waals surface area contributed by atoms with Gasteiger partial charge in [0.05, 0.1) is 19.8 Å². The van der Waals surface area contributed by atoms with Gasteiger partial charge in [0.1, 0.15) is 0 Å². The predicted molar refractivity (Wildman–Crippen MR) is 87.3 cm³/mol. The SMILES string of the molecule is CCCOc1ccc([C@H](C)NC(=O)C2CCCC2)cc1OC. The van der Waals surface area contributed by atoms with Crippen LogP contribution >= 0.6 is 0 Å². The van der Waals surface area contributed by atoms with Crippen LogP contribution in [-0.4, -0.2) is 19.6 Å². The molecule has 0 aromatic heterocycles. The number of methoxy groups -OCH3 is 1. The number of hydrogen-bond acceptors (Lipinski definition) is 3. The number of hydrogen-bond donors (Lipinski definition) is 1. The summed E-state index contributed by atoms with van der Waals surface area (Å²) in [5.74, 6) is 1.84. The van der Waals surface area contributed by atoms with Gasteiger partial charge >= 0.3 is 0 Å². The van der Waals surface area contributed by atoms with Gasteiger partial charge in [-0.05, 0) is 43.9 Å². The van der Waals surface area contributed by atoms with Crippen molar-refractivity contribution in [3.8, 4) is 11.5 Å². The lowest BCUT2D eigenvalue weighted by atomic mass is 10.0. The van der Waals surface area contributed by atoms with Crippen molar-refractivity contribution in [1.82, 2.24) is 5.32 Å². The fraction of sp³-hybridized carbons (Fsp3) is 0.611. The van der Waals surface area contributed by atoms with Gasteiger partial charge in [0, 0.05) is 5.92 Å². The average Bonchev–Trinajstić information content (AvgIpc) is 3.07. The second-order valence-corrected chi connectivity index (χ2v) is 5.97. The van der Waals surface area contributed by atoms with E-state index < -0.39 is 0 Å². The molecule has 0 bridgehead atoms. The summed E-state index contributed by atoms with van der Waals surface area (Å²) in [7, 11) is 1.64. The van der Waals surface area contributed by atoms with Crippen molar-refractivity contribution in [2.75, 3.05) is 13.7 Å². The molecule has 4 nitrogen and oxygen atoms in total. The molecule has 0 heterocycles. The molecule has 1 aliphatic rings. The summed E-state index contributed by atoms with van der Waals surface area (Å²) in [5.41, 5.74) is 1.03. The molecule has 122 valence electrons. The van der Waals surface area contributed by atoms with Crippen molar-refractivity contribution in [3.05, 3.63) is 23.8 Å². The molecule has 0 saturated heterocycles. The summed E-state index contributed by atoms with van der Waals surface area (Å²) in [4.78, 5) is 12.2. The van der Waals surface area contributed by atoms with E-state index in [1.54, 1.807) is 7.11 Å². The zero-order valence-corrected chi connectivity index (χ0v) is 13.9. The Kier molecular flexibility index (Phi) is 6.10. The first-order valence-corrected chi connectivity index (χ1v) is 8.26. The molecule has 1 atom stereocenters. The van der Waals surface area contributed by atoms with Crippen molar-refractivity contribution >= 4 is 5.91 Å². The first kappa shape index (κ1) is 16.7. The van der Waals surface area contributed by atoms with Crippen molar-refractivity contribution in [2.45, 2.75) is 52.0 Å². The summed E-state index contributed by atoms with van der Waals surface area (Å²) in [6, 6.07) is 5.84. The molecule has 2 rings (SSSR count). The van der Waals surface area contributed by atoms with Crippen molar-refractivity contribution in [3.63, 3.8) is 0 Å². The van der Waals surface area contributed by atoms with Crippen LogP contribution in [0.15, 0.2) is 18.2 Å². The van der Waals surface area contributed by atoms with E-state index in [1.807, 2.05) is 25.1 Å². The topological polar surface area (TPSA) is 47.6 Å². The number of carbonyl (C=O) groups is 1. The molecule has 0 radical (unpaired) electrons. The third-order valence-corrected chi connectivity index (χ3v) is 4.23. The van der Waals surface area contributed by atoms with Crippen LogP contribution in [0.1, 0.15) is 57.6 Å². The summed E-state index contributed by atoms with van der Waals surface area (Å²) < 4.78 is 11.1. The first-order valence-electron chi connectivity index (χ1n) is 8.26. The number of amides is 1. The third-order valence-electron chi connectivity index (χ3n) is 4.23. The lowest BCUT2D eigenvalue weighted by Crippen LogP contribution is -2.31. The minimum atomic E-state index is -0.0257. The summed E-state index contributed by atoms with van der Waals surface area (Å²) in [6.45, 7) is 4.75. The van der Waals surface area contributed by atoms with Crippen LogP contribution in [0.25, 0.3) is 0 Å². The van der Waals surface area contributed by atoms with Crippen LogP contribution in [0.4, 0.5) is 0 Å². The van der Waals surface area contributed by atoms with E-state index in [0.29, 0.717) is 12.4 Å².